The fourth-order valence-electron chi connectivity index (χ4n) is 3.00. The summed E-state index contributed by atoms with van der Waals surface area (Å²) < 4.78 is 0. The third kappa shape index (κ3) is 4.34. The number of hydrogen-bond donors (Lipinski definition) is 1. The van der Waals surface area contributed by atoms with Crippen LogP contribution in [0.15, 0.2) is 42.5 Å². The number of aryl methyl sites for hydroxylation is 1. The molecule has 0 aliphatic carbocycles. The molecule has 2 aromatic rings. The Balaban J connectivity index is 1.64. The maximum atomic E-state index is 12.4. The molecule has 0 atom stereocenters. The van der Waals surface area contributed by atoms with Crippen LogP contribution in [0.3, 0.4) is 0 Å². The van der Waals surface area contributed by atoms with Crippen LogP contribution >= 0.6 is 0 Å². The van der Waals surface area contributed by atoms with Gasteiger partial charge in [-0.25, -0.2) is 4.98 Å². The molecule has 1 saturated heterocycles. The van der Waals surface area contributed by atoms with Crippen molar-refractivity contribution in [2.24, 2.45) is 0 Å². The van der Waals surface area contributed by atoms with Crippen LogP contribution in [0, 0.1) is 6.92 Å². The van der Waals surface area contributed by atoms with Crippen molar-refractivity contribution in [1.82, 2.24) is 10.3 Å². The van der Waals surface area contributed by atoms with Crippen LogP contribution in [0.1, 0.15) is 47.3 Å². The molecule has 126 valence electrons. The van der Waals surface area contributed by atoms with E-state index in [0.717, 1.165) is 24.5 Å². The van der Waals surface area contributed by atoms with E-state index in [0.29, 0.717) is 12.2 Å². The molecule has 1 N–H and O–H groups in total. The third-order valence-electron chi connectivity index (χ3n) is 4.47. The number of benzene rings is 1. The number of rotatable bonds is 4. The summed E-state index contributed by atoms with van der Waals surface area (Å²) in [6, 6.07) is 13.9. The van der Waals surface area contributed by atoms with E-state index in [1.807, 2.05) is 24.3 Å². The Bertz CT molecular complexity index is 674. The average molecular weight is 323 g/mol. The Kier molecular flexibility index (Phi) is 5.47. The monoisotopic (exact) mass is 323 g/mol. The zero-order valence-electron chi connectivity index (χ0n) is 14.3. The van der Waals surface area contributed by atoms with Gasteiger partial charge in [-0.1, -0.05) is 48.7 Å². The van der Waals surface area contributed by atoms with E-state index >= 15 is 0 Å². The van der Waals surface area contributed by atoms with Crippen molar-refractivity contribution < 1.29 is 4.79 Å². The van der Waals surface area contributed by atoms with Crippen molar-refractivity contribution in [2.45, 2.75) is 39.2 Å². The maximum absolute atomic E-state index is 12.4. The first-order valence-corrected chi connectivity index (χ1v) is 8.78. The summed E-state index contributed by atoms with van der Waals surface area (Å²) in [5.41, 5.74) is 2.80. The standard InChI is InChI=1S/C20H25N3O/c1-16-9-11-17(12-10-16)15-21-20(24)18-7-6-8-19(22-18)23-13-4-2-3-5-14-23/h6-12H,2-5,13-15H2,1H3,(H,21,24). The fraction of sp³-hybridized carbons (Fsp3) is 0.400. The highest BCUT2D eigenvalue weighted by atomic mass is 16.1. The number of hydrogen-bond acceptors (Lipinski definition) is 3. The average Bonchev–Trinajstić information content (AvgIpc) is 2.90. The number of nitrogens with one attached hydrogen (secondary N) is 1. The van der Waals surface area contributed by atoms with Crippen LogP contribution < -0.4 is 10.2 Å². The number of carbonyl (C=O) groups is 1. The molecule has 3 rings (SSSR count). The summed E-state index contributed by atoms with van der Waals surface area (Å²) in [6.07, 6.45) is 4.97. The highest BCUT2D eigenvalue weighted by molar-refractivity contribution is 5.92. The van der Waals surface area contributed by atoms with Crippen molar-refractivity contribution in [3.05, 3.63) is 59.3 Å². The summed E-state index contributed by atoms with van der Waals surface area (Å²) in [7, 11) is 0. The van der Waals surface area contributed by atoms with Crippen LogP contribution in [0.5, 0.6) is 0 Å². The topological polar surface area (TPSA) is 45.2 Å². The zero-order valence-corrected chi connectivity index (χ0v) is 14.3. The van der Waals surface area contributed by atoms with Gasteiger partial charge in [-0.2, -0.15) is 0 Å². The molecule has 1 aromatic heterocycles. The molecule has 4 heteroatoms. The molecule has 0 bridgehead atoms. The molecule has 0 unspecified atom stereocenters. The summed E-state index contributed by atoms with van der Waals surface area (Å²) in [4.78, 5) is 19.3. The molecule has 1 aromatic carbocycles. The van der Waals surface area contributed by atoms with Gasteiger partial charge in [-0.3, -0.25) is 4.79 Å². The van der Waals surface area contributed by atoms with Gasteiger partial charge >= 0.3 is 0 Å². The Hall–Kier alpha value is -2.36. The molecule has 0 spiro atoms. The molecule has 1 amide bonds. The lowest BCUT2D eigenvalue weighted by Crippen LogP contribution is -2.27. The zero-order chi connectivity index (χ0) is 16.8. The number of pyridine rings is 1. The lowest BCUT2D eigenvalue weighted by atomic mass is 10.1. The first-order chi connectivity index (χ1) is 11.7. The molecule has 4 nitrogen and oxygen atoms in total. The predicted octanol–water partition coefficient (Wildman–Crippen LogP) is 3.70. The maximum Gasteiger partial charge on any atom is 0.270 e. The normalized spacial score (nSPS) is 15.0. The SMILES string of the molecule is Cc1ccc(CNC(=O)c2cccc(N3CCCCCC3)n2)cc1. The van der Waals surface area contributed by atoms with Crippen molar-refractivity contribution in [2.75, 3.05) is 18.0 Å². The van der Waals surface area contributed by atoms with Crippen LogP contribution in [-0.4, -0.2) is 24.0 Å². The van der Waals surface area contributed by atoms with Gasteiger partial charge in [0.15, 0.2) is 0 Å². The van der Waals surface area contributed by atoms with Crippen LogP contribution in [0.2, 0.25) is 0 Å². The second kappa shape index (κ2) is 7.95. The van der Waals surface area contributed by atoms with Gasteiger partial charge in [0.05, 0.1) is 0 Å². The number of anilines is 1. The largest absolute Gasteiger partial charge is 0.357 e. The van der Waals surface area contributed by atoms with E-state index in [1.54, 1.807) is 6.07 Å². The molecule has 1 fully saturated rings. The lowest BCUT2D eigenvalue weighted by molar-refractivity contribution is 0.0946. The quantitative estimate of drug-likeness (QED) is 0.933. The van der Waals surface area contributed by atoms with Gasteiger partial charge in [0.1, 0.15) is 11.5 Å². The number of aromatic nitrogens is 1. The molecular formula is C20H25N3O. The summed E-state index contributed by atoms with van der Waals surface area (Å²) >= 11 is 0. The smallest absolute Gasteiger partial charge is 0.270 e. The Morgan fingerprint density at radius 1 is 1.04 bits per heavy atom. The van der Waals surface area contributed by atoms with Gasteiger partial charge in [0.2, 0.25) is 0 Å². The molecule has 0 saturated carbocycles. The van der Waals surface area contributed by atoms with Crippen LogP contribution in [0.4, 0.5) is 5.82 Å². The molecule has 0 radical (unpaired) electrons. The van der Waals surface area contributed by atoms with Gasteiger partial charge < -0.3 is 10.2 Å². The van der Waals surface area contributed by atoms with E-state index in [4.69, 9.17) is 0 Å². The van der Waals surface area contributed by atoms with Crippen molar-refractivity contribution in [1.29, 1.82) is 0 Å². The van der Waals surface area contributed by atoms with E-state index in [9.17, 15) is 4.79 Å². The van der Waals surface area contributed by atoms with Crippen molar-refractivity contribution >= 4 is 11.7 Å². The van der Waals surface area contributed by atoms with Crippen LogP contribution in [0.25, 0.3) is 0 Å². The number of nitrogens with zero attached hydrogens (tertiary/aromatic N) is 2. The van der Waals surface area contributed by atoms with E-state index in [2.05, 4.69) is 34.3 Å². The van der Waals surface area contributed by atoms with E-state index in [-0.39, 0.29) is 5.91 Å². The van der Waals surface area contributed by atoms with E-state index in [1.165, 1.54) is 31.2 Å². The second-order valence-corrected chi connectivity index (χ2v) is 6.45. The Labute approximate surface area is 143 Å². The lowest BCUT2D eigenvalue weighted by Gasteiger charge is -2.21. The third-order valence-corrected chi connectivity index (χ3v) is 4.47. The van der Waals surface area contributed by atoms with Gasteiger partial charge in [0.25, 0.3) is 5.91 Å². The molecule has 2 heterocycles. The molecular weight excluding hydrogens is 298 g/mol. The first kappa shape index (κ1) is 16.5. The summed E-state index contributed by atoms with van der Waals surface area (Å²) in [6.45, 7) is 4.64. The number of amides is 1. The minimum atomic E-state index is -0.118. The van der Waals surface area contributed by atoms with Crippen molar-refractivity contribution in [3.63, 3.8) is 0 Å². The predicted molar refractivity (Wildman–Crippen MR) is 97.3 cm³/mol. The van der Waals surface area contributed by atoms with E-state index < -0.39 is 0 Å². The van der Waals surface area contributed by atoms with Gasteiger partial charge in [-0.05, 0) is 37.5 Å². The van der Waals surface area contributed by atoms with Gasteiger partial charge in [0, 0.05) is 19.6 Å². The highest BCUT2D eigenvalue weighted by Crippen LogP contribution is 2.17. The molecule has 1 aliphatic heterocycles. The Morgan fingerprint density at radius 2 is 1.75 bits per heavy atom. The van der Waals surface area contributed by atoms with Crippen LogP contribution in [-0.2, 0) is 6.54 Å². The first-order valence-electron chi connectivity index (χ1n) is 8.78. The highest BCUT2D eigenvalue weighted by Gasteiger charge is 2.13. The fourth-order valence-corrected chi connectivity index (χ4v) is 3.00. The minimum absolute atomic E-state index is 0.118. The van der Waals surface area contributed by atoms with Gasteiger partial charge in [-0.15, -0.1) is 0 Å². The second-order valence-electron chi connectivity index (χ2n) is 6.45. The minimum Gasteiger partial charge on any atom is -0.357 e. The summed E-state index contributed by atoms with van der Waals surface area (Å²) in [5.74, 6) is 0.798. The molecule has 1 aliphatic rings. The Morgan fingerprint density at radius 3 is 2.46 bits per heavy atom. The van der Waals surface area contributed by atoms with Crippen molar-refractivity contribution in [3.8, 4) is 0 Å². The summed E-state index contributed by atoms with van der Waals surface area (Å²) in [5, 5.41) is 2.96. The number of carbonyl (C=O) groups excluding carboxylic acids is 1. The molecule has 24 heavy (non-hydrogen) atoms.